The summed E-state index contributed by atoms with van der Waals surface area (Å²) in [4.78, 5) is 11.1. The smallest absolute Gasteiger partial charge is 0.235 e. The number of rotatable bonds is 42. The van der Waals surface area contributed by atoms with E-state index in [0.29, 0.717) is 185 Å². The van der Waals surface area contributed by atoms with E-state index in [4.69, 9.17) is 66.3 Å². The molecule has 1 aliphatic heterocycles. The molecule has 2 N–H and O–H groups in total. The summed E-state index contributed by atoms with van der Waals surface area (Å²) >= 11 is 0. The SMILES string of the molecule is COCCOCCOCCOCCOCCOCCOCCOCCOCCOCCOCCOCCOCCOCCC1NCC(=O)N1. The topological polar surface area (TPSA) is 170 Å². The minimum Gasteiger partial charge on any atom is -0.382 e. The molecule has 0 spiro atoms. The number of carbonyl (C=O) groups excluding carboxylic acids is 1. The second-order valence-electron chi connectivity index (χ2n) is 10.2. The second kappa shape index (κ2) is 39.7. The number of carbonyl (C=O) groups is 1. The van der Waals surface area contributed by atoms with Crippen molar-refractivity contribution in [1.29, 1.82) is 0 Å². The van der Waals surface area contributed by atoms with Gasteiger partial charge in [-0.15, -0.1) is 0 Å². The van der Waals surface area contributed by atoms with Crippen LogP contribution in [0.2, 0.25) is 0 Å². The summed E-state index contributed by atoms with van der Waals surface area (Å²) in [6.07, 6.45) is 0.746. The Labute approximate surface area is 292 Å². The second-order valence-corrected chi connectivity index (χ2v) is 10.2. The van der Waals surface area contributed by atoms with Crippen LogP contribution in [0, 0.1) is 0 Å². The van der Waals surface area contributed by atoms with Crippen LogP contribution in [-0.2, 0) is 71.1 Å². The van der Waals surface area contributed by atoms with E-state index in [1.807, 2.05) is 0 Å². The van der Waals surface area contributed by atoms with Gasteiger partial charge >= 0.3 is 0 Å². The van der Waals surface area contributed by atoms with Crippen molar-refractivity contribution in [3.63, 3.8) is 0 Å². The lowest BCUT2D eigenvalue weighted by molar-refractivity contribution is -0.118. The number of amides is 1. The van der Waals surface area contributed by atoms with E-state index in [0.717, 1.165) is 6.42 Å². The summed E-state index contributed by atoms with van der Waals surface area (Å²) in [6, 6.07) is 0. The molecule has 1 rings (SSSR count). The van der Waals surface area contributed by atoms with E-state index in [9.17, 15) is 4.79 Å². The molecule has 292 valence electrons. The predicted molar refractivity (Wildman–Crippen MR) is 177 cm³/mol. The molecule has 0 aromatic rings. The van der Waals surface area contributed by atoms with Crippen LogP contribution in [-0.4, -0.2) is 204 Å². The van der Waals surface area contributed by atoms with Gasteiger partial charge in [-0.2, -0.15) is 0 Å². The Balaban J connectivity index is 1.59. The fourth-order valence-corrected chi connectivity index (χ4v) is 3.77. The Bertz CT molecular complexity index is 672. The van der Waals surface area contributed by atoms with Crippen LogP contribution < -0.4 is 10.6 Å². The van der Waals surface area contributed by atoms with Crippen LogP contribution >= 0.6 is 0 Å². The Morgan fingerprint density at radius 3 is 0.816 bits per heavy atom. The maximum atomic E-state index is 11.1. The average molecular weight is 717 g/mol. The van der Waals surface area contributed by atoms with Crippen molar-refractivity contribution in [3.05, 3.63) is 0 Å². The molecule has 0 aromatic carbocycles. The highest BCUT2D eigenvalue weighted by molar-refractivity contribution is 5.80. The third kappa shape index (κ3) is 36.5. The van der Waals surface area contributed by atoms with E-state index in [1.165, 1.54) is 0 Å². The fourth-order valence-electron chi connectivity index (χ4n) is 3.77. The van der Waals surface area contributed by atoms with Crippen LogP contribution in [0.5, 0.6) is 0 Å². The summed E-state index contributed by atoms with van der Waals surface area (Å²) in [5.41, 5.74) is 0. The lowest BCUT2D eigenvalue weighted by Crippen LogP contribution is -2.33. The summed E-state index contributed by atoms with van der Waals surface area (Å²) < 4.78 is 75.8. The van der Waals surface area contributed by atoms with Crippen molar-refractivity contribution in [3.8, 4) is 0 Å². The molecule has 1 fully saturated rings. The van der Waals surface area contributed by atoms with Gasteiger partial charge in [0.05, 0.1) is 184 Å². The third-order valence-corrected chi connectivity index (χ3v) is 6.29. The van der Waals surface area contributed by atoms with E-state index in [2.05, 4.69) is 10.6 Å². The Morgan fingerprint density at radius 1 is 0.388 bits per heavy atom. The van der Waals surface area contributed by atoms with Gasteiger partial charge in [0.25, 0.3) is 0 Å². The summed E-state index contributed by atoms with van der Waals surface area (Å²) in [5.74, 6) is 0.0256. The number of methoxy groups -OCH3 is 1. The van der Waals surface area contributed by atoms with Crippen molar-refractivity contribution in [2.45, 2.75) is 12.6 Å². The van der Waals surface area contributed by atoms with Gasteiger partial charge in [0.15, 0.2) is 0 Å². The minimum atomic E-state index is 0.00779. The molecule has 0 aliphatic carbocycles. The molecular formula is C32H64N2O15. The molecule has 0 aromatic heterocycles. The zero-order valence-electron chi connectivity index (χ0n) is 29.7. The molecular weight excluding hydrogens is 652 g/mol. The lowest BCUT2D eigenvalue weighted by Gasteiger charge is -2.11. The van der Waals surface area contributed by atoms with Gasteiger partial charge < -0.3 is 71.6 Å². The van der Waals surface area contributed by atoms with Crippen molar-refractivity contribution < 1.29 is 71.1 Å². The number of ether oxygens (including phenoxy) is 14. The van der Waals surface area contributed by atoms with E-state index < -0.39 is 0 Å². The molecule has 1 atom stereocenters. The monoisotopic (exact) mass is 716 g/mol. The molecule has 1 unspecified atom stereocenters. The highest BCUT2D eigenvalue weighted by Crippen LogP contribution is 1.95. The quantitative estimate of drug-likeness (QED) is 0.0759. The van der Waals surface area contributed by atoms with Crippen LogP contribution in [0.4, 0.5) is 0 Å². The van der Waals surface area contributed by atoms with Crippen molar-refractivity contribution in [2.24, 2.45) is 0 Å². The number of hydrogen-bond acceptors (Lipinski definition) is 16. The van der Waals surface area contributed by atoms with Crippen molar-refractivity contribution in [1.82, 2.24) is 10.6 Å². The van der Waals surface area contributed by atoms with Gasteiger partial charge in [0.1, 0.15) is 0 Å². The first-order valence-electron chi connectivity index (χ1n) is 17.3. The first-order valence-corrected chi connectivity index (χ1v) is 17.3. The summed E-state index contributed by atoms with van der Waals surface area (Å²) in [7, 11) is 1.64. The standard InChI is InChI=1S/C32H64N2O15/c1-36-4-5-38-8-9-40-12-13-42-16-17-44-20-21-46-24-25-48-28-29-49-27-26-47-23-22-45-19-18-43-15-14-41-11-10-39-7-6-37-3-2-31-33-30-32(35)34-31/h31,33H,2-30H2,1H3,(H,34,35). The van der Waals surface area contributed by atoms with Gasteiger partial charge in [-0.25, -0.2) is 0 Å². The first-order chi connectivity index (χ1) is 24.3. The van der Waals surface area contributed by atoms with Crippen molar-refractivity contribution >= 4 is 5.91 Å². The molecule has 1 saturated heterocycles. The van der Waals surface area contributed by atoms with Gasteiger partial charge in [0, 0.05) is 20.1 Å². The molecule has 17 nitrogen and oxygen atoms in total. The molecule has 1 amide bonds. The van der Waals surface area contributed by atoms with Crippen LogP contribution in [0.15, 0.2) is 0 Å². The normalized spacial score (nSPS) is 14.6. The third-order valence-electron chi connectivity index (χ3n) is 6.29. The molecule has 0 radical (unpaired) electrons. The molecule has 0 bridgehead atoms. The lowest BCUT2D eigenvalue weighted by atomic mass is 10.4. The molecule has 1 aliphatic rings. The molecule has 0 saturated carbocycles. The number of hydrogen-bond donors (Lipinski definition) is 2. The summed E-state index contributed by atoms with van der Waals surface area (Å²) in [5, 5.41) is 5.88. The zero-order valence-corrected chi connectivity index (χ0v) is 29.7. The Morgan fingerprint density at radius 2 is 0.612 bits per heavy atom. The Hall–Kier alpha value is -1.13. The van der Waals surface area contributed by atoms with Crippen LogP contribution in [0.3, 0.4) is 0 Å². The highest BCUT2D eigenvalue weighted by atomic mass is 16.6. The zero-order chi connectivity index (χ0) is 35.0. The fraction of sp³-hybridized carbons (Fsp3) is 0.969. The average Bonchev–Trinajstić information content (AvgIpc) is 3.53. The summed E-state index contributed by atoms with van der Waals surface area (Å²) in [6.45, 7) is 14.4. The van der Waals surface area contributed by atoms with E-state index in [1.54, 1.807) is 7.11 Å². The molecule has 49 heavy (non-hydrogen) atoms. The molecule has 1 heterocycles. The predicted octanol–water partition coefficient (Wildman–Crippen LogP) is -0.716. The maximum Gasteiger partial charge on any atom is 0.235 e. The largest absolute Gasteiger partial charge is 0.382 e. The van der Waals surface area contributed by atoms with E-state index >= 15 is 0 Å². The van der Waals surface area contributed by atoms with Crippen LogP contribution in [0.1, 0.15) is 6.42 Å². The minimum absolute atomic E-state index is 0.00779. The van der Waals surface area contributed by atoms with Gasteiger partial charge in [-0.05, 0) is 0 Å². The highest BCUT2D eigenvalue weighted by Gasteiger charge is 2.18. The maximum absolute atomic E-state index is 11.1. The number of nitrogens with one attached hydrogen (secondary N) is 2. The van der Waals surface area contributed by atoms with Crippen molar-refractivity contribution in [2.75, 3.05) is 192 Å². The first kappa shape index (κ1) is 45.9. The van der Waals surface area contributed by atoms with Gasteiger partial charge in [-0.3, -0.25) is 10.1 Å². The van der Waals surface area contributed by atoms with Crippen LogP contribution in [0.25, 0.3) is 0 Å². The van der Waals surface area contributed by atoms with Gasteiger partial charge in [-0.1, -0.05) is 0 Å². The Kier molecular flexibility index (Phi) is 37.1. The van der Waals surface area contributed by atoms with Gasteiger partial charge in [0.2, 0.25) is 5.91 Å². The van der Waals surface area contributed by atoms with E-state index in [-0.39, 0.29) is 12.1 Å². The molecule has 17 heteroatoms.